The second-order valence-electron chi connectivity index (χ2n) is 5.93. The number of hydrogen-bond donors (Lipinski definition) is 0. The Labute approximate surface area is 147 Å². The van der Waals surface area contributed by atoms with E-state index in [1.54, 1.807) is 6.20 Å². The molecule has 0 aliphatic heterocycles. The molecule has 130 valence electrons. The number of aromatic nitrogens is 1. The number of Topliss-reactive ketones (excluding diaryl/α,β-unsaturated/α-hetero) is 2. The standard InChI is InChI=1S/C20H22N2O3/c1-3-14(4-2)20(24)16(12-21)17(23)10-11-19-22-13-18(25-19)15-8-6-5-7-9-15/h5-9,13-14,16H,3-4,10-11H2,1-2H3. The number of aryl methyl sites for hydroxylation is 1. The van der Waals surface area contributed by atoms with Gasteiger partial charge in [0.05, 0.1) is 12.3 Å². The summed E-state index contributed by atoms with van der Waals surface area (Å²) in [5.41, 5.74) is 0.909. The van der Waals surface area contributed by atoms with Gasteiger partial charge in [0.2, 0.25) is 0 Å². The molecule has 2 rings (SSSR count). The normalized spacial score (nSPS) is 11.9. The molecule has 1 atom stereocenters. The first-order chi connectivity index (χ1) is 12.1. The topological polar surface area (TPSA) is 84.0 Å². The zero-order valence-electron chi connectivity index (χ0n) is 14.6. The summed E-state index contributed by atoms with van der Waals surface area (Å²) >= 11 is 0. The van der Waals surface area contributed by atoms with Gasteiger partial charge in [0.1, 0.15) is 0 Å². The molecule has 0 N–H and O–H groups in total. The Morgan fingerprint density at radius 3 is 2.48 bits per heavy atom. The Morgan fingerprint density at radius 1 is 1.20 bits per heavy atom. The molecule has 0 fully saturated rings. The van der Waals surface area contributed by atoms with Crippen molar-refractivity contribution in [1.29, 1.82) is 5.26 Å². The van der Waals surface area contributed by atoms with Crippen LogP contribution in [0.15, 0.2) is 40.9 Å². The van der Waals surface area contributed by atoms with E-state index < -0.39 is 5.92 Å². The average Bonchev–Trinajstić information content (AvgIpc) is 3.11. The summed E-state index contributed by atoms with van der Waals surface area (Å²) in [7, 11) is 0. The van der Waals surface area contributed by atoms with Gasteiger partial charge in [-0.05, 0) is 12.8 Å². The Morgan fingerprint density at radius 2 is 1.88 bits per heavy atom. The van der Waals surface area contributed by atoms with Crippen LogP contribution in [0.25, 0.3) is 11.3 Å². The van der Waals surface area contributed by atoms with Gasteiger partial charge in [0, 0.05) is 24.3 Å². The molecule has 25 heavy (non-hydrogen) atoms. The van der Waals surface area contributed by atoms with Crippen molar-refractivity contribution < 1.29 is 14.0 Å². The van der Waals surface area contributed by atoms with Crippen molar-refractivity contribution >= 4 is 11.6 Å². The number of rotatable bonds is 9. The summed E-state index contributed by atoms with van der Waals surface area (Å²) in [6.07, 6.45) is 3.24. The predicted octanol–water partition coefficient (Wildman–Crippen LogP) is 3.99. The van der Waals surface area contributed by atoms with Gasteiger partial charge in [0.25, 0.3) is 0 Å². The molecule has 0 spiro atoms. The molecule has 1 unspecified atom stereocenters. The van der Waals surface area contributed by atoms with Gasteiger partial charge >= 0.3 is 0 Å². The molecular weight excluding hydrogens is 316 g/mol. The van der Waals surface area contributed by atoms with E-state index in [0.29, 0.717) is 24.5 Å². The lowest BCUT2D eigenvalue weighted by molar-refractivity contribution is -0.133. The number of nitrogens with zero attached hydrogens (tertiary/aromatic N) is 2. The first-order valence-corrected chi connectivity index (χ1v) is 8.56. The van der Waals surface area contributed by atoms with Gasteiger partial charge in [-0.1, -0.05) is 44.2 Å². The van der Waals surface area contributed by atoms with Gasteiger partial charge in [-0.2, -0.15) is 5.26 Å². The fourth-order valence-electron chi connectivity index (χ4n) is 2.76. The van der Waals surface area contributed by atoms with Crippen molar-refractivity contribution in [2.45, 2.75) is 39.5 Å². The fourth-order valence-corrected chi connectivity index (χ4v) is 2.76. The zero-order valence-corrected chi connectivity index (χ0v) is 14.6. The highest BCUT2D eigenvalue weighted by atomic mass is 16.4. The fraction of sp³-hybridized carbons (Fsp3) is 0.400. The maximum absolute atomic E-state index is 12.3. The van der Waals surface area contributed by atoms with Crippen LogP contribution in [0.5, 0.6) is 0 Å². The summed E-state index contributed by atoms with van der Waals surface area (Å²) in [4.78, 5) is 28.8. The Hall–Kier alpha value is -2.74. The number of carbonyl (C=O) groups is 2. The van der Waals surface area contributed by atoms with E-state index in [2.05, 4.69) is 4.98 Å². The highest BCUT2D eigenvalue weighted by molar-refractivity contribution is 6.05. The first-order valence-electron chi connectivity index (χ1n) is 8.56. The van der Waals surface area contributed by atoms with Gasteiger partial charge < -0.3 is 4.42 Å². The first kappa shape index (κ1) is 18.6. The van der Waals surface area contributed by atoms with Crippen LogP contribution in [0.1, 0.15) is 39.0 Å². The number of benzene rings is 1. The number of hydrogen-bond acceptors (Lipinski definition) is 5. The third-order valence-electron chi connectivity index (χ3n) is 4.32. The maximum Gasteiger partial charge on any atom is 0.195 e. The van der Waals surface area contributed by atoms with E-state index in [4.69, 9.17) is 4.42 Å². The molecule has 0 saturated carbocycles. The number of oxazole rings is 1. The smallest absolute Gasteiger partial charge is 0.195 e. The van der Waals surface area contributed by atoms with Crippen LogP contribution in [0.4, 0.5) is 0 Å². The monoisotopic (exact) mass is 338 g/mol. The third-order valence-corrected chi connectivity index (χ3v) is 4.32. The summed E-state index contributed by atoms with van der Waals surface area (Å²) in [5.74, 6) is -0.992. The second-order valence-corrected chi connectivity index (χ2v) is 5.93. The lowest BCUT2D eigenvalue weighted by Crippen LogP contribution is -2.28. The SMILES string of the molecule is CCC(CC)C(=O)C(C#N)C(=O)CCc1ncc(-c2ccccc2)o1. The molecule has 0 radical (unpaired) electrons. The molecule has 0 bridgehead atoms. The molecule has 0 saturated heterocycles. The molecule has 5 heteroatoms. The molecule has 1 heterocycles. The quantitative estimate of drug-likeness (QED) is 0.645. The van der Waals surface area contributed by atoms with Gasteiger partial charge in [-0.15, -0.1) is 0 Å². The van der Waals surface area contributed by atoms with Crippen LogP contribution >= 0.6 is 0 Å². The predicted molar refractivity (Wildman–Crippen MR) is 93.4 cm³/mol. The average molecular weight is 338 g/mol. The lowest BCUT2D eigenvalue weighted by Gasteiger charge is -2.14. The molecule has 0 aliphatic carbocycles. The van der Waals surface area contributed by atoms with Gasteiger partial charge in [-0.3, -0.25) is 9.59 Å². The van der Waals surface area contributed by atoms with Crippen molar-refractivity contribution in [3.8, 4) is 17.4 Å². The molecule has 1 aromatic heterocycles. The van der Waals surface area contributed by atoms with Crippen LogP contribution in [0.2, 0.25) is 0 Å². The van der Waals surface area contributed by atoms with Crippen LogP contribution in [-0.4, -0.2) is 16.6 Å². The van der Waals surface area contributed by atoms with Crippen molar-refractivity contribution in [3.63, 3.8) is 0 Å². The van der Waals surface area contributed by atoms with Crippen LogP contribution in [0.3, 0.4) is 0 Å². The number of ketones is 2. The third kappa shape index (κ3) is 4.63. The number of nitriles is 1. The summed E-state index contributed by atoms with van der Waals surface area (Å²) in [6, 6.07) is 11.4. The minimum absolute atomic E-state index is 0.0683. The highest BCUT2D eigenvalue weighted by Crippen LogP contribution is 2.21. The van der Waals surface area contributed by atoms with E-state index in [1.807, 2.05) is 50.2 Å². The van der Waals surface area contributed by atoms with Crippen LogP contribution in [0, 0.1) is 23.2 Å². The molecule has 0 aliphatic rings. The molecule has 1 aromatic carbocycles. The van der Waals surface area contributed by atoms with Crippen molar-refractivity contribution in [2.75, 3.05) is 0 Å². The largest absolute Gasteiger partial charge is 0.441 e. The van der Waals surface area contributed by atoms with Gasteiger partial charge in [0.15, 0.2) is 29.1 Å². The minimum Gasteiger partial charge on any atom is -0.441 e. The Kier molecular flexibility index (Phi) is 6.64. The van der Waals surface area contributed by atoms with Crippen molar-refractivity contribution in [3.05, 3.63) is 42.4 Å². The van der Waals surface area contributed by atoms with E-state index in [-0.39, 0.29) is 30.3 Å². The molecule has 2 aromatic rings. The molecular formula is C20H22N2O3. The second kappa shape index (κ2) is 8.93. The van der Waals surface area contributed by atoms with E-state index in [0.717, 1.165) is 5.56 Å². The van der Waals surface area contributed by atoms with Crippen molar-refractivity contribution in [2.24, 2.45) is 11.8 Å². The van der Waals surface area contributed by atoms with E-state index in [1.165, 1.54) is 0 Å². The Balaban J connectivity index is 1.98. The molecule has 5 nitrogen and oxygen atoms in total. The summed E-state index contributed by atoms with van der Waals surface area (Å²) in [6.45, 7) is 3.78. The summed E-state index contributed by atoms with van der Waals surface area (Å²) in [5, 5.41) is 9.23. The Bertz CT molecular complexity index is 755. The van der Waals surface area contributed by atoms with Gasteiger partial charge in [-0.25, -0.2) is 4.98 Å². The number of carbonyl (C=O) groups excluding carboxylic acids is 2. The summed E-state index contributed by atoms with van der Waals surface area (Å²) < 4.78 is 5.65. The van der Waals surface area contributed by atoms with Crippen LogP contribution in [-0.2, 0) is 16.0 Å². The lowest BCUT2D eigenvalue weighted by atomic mass is 9.86. The van der Waals surface area contributed by atoms with Crippen molar-refractivity contribution in [1.82, 2.24) is 4.98 Å². The zero-order chi connectivity index (χ0) is 18.2. The minimum atomic E-state index is -1.19. The maximum atomic E-state index is 12.3. The van der Waals surface area contributed by atoms with E-state index >= 15 is 0 Å². The highest BCUT2D eigenvalue weighted by Gasteiger charge is 2.30. The molecule has 0 amide bonds. The van der Waals surface area contributed by atoms with Crippen LogP contribution < -0.4 is 0 Å². The van der Waals surface area contributed by atoms with E-state index in [9.17, 15) is 14.9 Å².